The molecule has 1 aliphatic rings. The molecule has 142 valence electrons. The summed E-state index contributed by atoms with van der Waals surface area (Å²) in [7, 11) is 0. The van der Waals surface area contributed by atoms with Gasteiger partial charge in [-0.05, 0) is 54.8 Å². The van der Waals surface area contributed by atoms with Crippen molar-refractivity contribution >= 4 is 11.9 Å². The van der Waals surface area contributed by atoms with Gasteiger partial charge in [-0.2, -0.15) is 0 Å². The van der Waals surface area contributed by atoms with E-state index in [2.05, 4.69) is 0 Å². The third-order valence-corrected chi connectivity index (χ3v) is 5.02. The van der Waals surface area contributed by atoms with Gasteiger partial charge in [0.2, 0.25) is 0 Å². The monoisotopic (exact) mass is 375 g/mol. The molecule has 0 unspecified atom stereocenters. The number of piperidine rings is 1. The summed E-state index contributed by atoms with van der Waals surface area (Å²) in [6.07, 6.45) is -1.10. The van der Waals surface area contributed by atoms with E-state index in [1.165, 1.54) is 41.3 Å². The van der Waals surface area contributed by atoms with Gasteiger partial charge in [-0.1, -0.05) is 12.1 Å². The number of aliphatic carboxylic acids is 1. The van der Waals surface area contributed by atoms with E-state index in [9.17, 15) is 28.6 Å². The lowest BCUT2D eigenvalue weighted by atomic mass is 9.72. The Kier molecular flexibility index (Phi) is 5.23. The molecule has 2 aromatic rings. The van der Waals surface area contributed by atoms with E-state index >= 15 is 0 Å². The minimum absolute atomic E-state index is 0.0447. The quantitative estimate of drug-likeness (QED) is 0.861. The highest BCUT2D eigenvalue weighted by Gasteiger charge is 2.50. The predicted octanol–water partition coefficient (Wildman–Crippen LogP) is 2.49. The Hall–Kier alpha value is -2.80. The van der Waals surface area contributed by atoms with E-state index < -0.39 is 35.0 Å². The summed E-state index contributed by atoms with van der Waals surface area (Å²) in [6.45, 7) is -0.00703. The third-order valence-electron chi connectivity index (χ3n) is 5.02. The number of rotatable bonds is 4. The Morgan fingerprint density at radius 1 is 1.04 bits per heavy atom. The number of carboxylic acids is 1. The highest BCUT2D eigenvalue weighted by atomic mass is 19.1. The number of hydrogen-bond donors (Lipinski definition) is 2. The highest BCUT2D eigenvalue weighted by Crippen LogP contribution is 2.35. The predicted molar refractivity (Wildman–Crippen MR) is 93.1 cm³/mol. The maximum Gasteiger partial charge on any atom is 0.314 e. The number of likely N-dealkylation sites (tertiary alicyclic amines) is 1. The lowest BCUT2D eigenvalue weighted by Gasteiger charge is -2.43. The highest BCUT2D eigenvalue weighted by molar-refractivity contribution is 5.94. The second kappa shape index (κ2) is 7.44. The van der Waals surface area contributed by atoms with Crippen LogP contribution in [0, 0.1) is 17.0 Å². The second-order valence-corrected chi connectivity index (χ2v) is 6.80. The van der Waals surface area contributed by atoms with Crippen molar-refractivity contribution in [2.75, 3.05) is 13.1 Å². The Morgan fingerprint density at radius 3 is 2.15 bits per heavy atom. The number of benzene rings is 2. The summed E-state index contributed by atoms with van der Waals surface area (Å²) in [4.78, 5) is 26.1. The first-order valence-electron chi connectivity index (χ1n) is 8.52. The second-order valence-electron chi connectivity index (χ2n) is 6.80. The van der Waals surface area contributed by atoms with Gasteiger partial charge in [0, 0.05) is 18.7 Å². The average molecular weight is 375 g/mol. The number of nitrogens with zero attached hydrogens (tertiary/aromatic N) is 1. The number of carbonyl (C=O) groups is 2. The molecule has 0 bridgehead atoms. The lowest BCUT2D eigenvalue weighted by Crippen LogP contribution is -2.58. The normalized spacial score (nSPS) is 22.5. The Balaban J connectivity index is 1.88. The Morgan fingerprint density at radius 2 is 1.59 bits per heavy atom. The first-order chi connectivity index (χ1) is 12.8. The number of aliphatic hydroxyl groups is 1. The van der Waals surface area contributed by atoms with Crippen molar-refractivity contribution in [3.05, 3.63) is 71.3 Å². The molecule has 27 heavy (non-hydrogen) atoms. The topological polar surface area (TPSA) is 77.8 Å². The smallest absolute Gasteiger partial charge is 0.314 e. The standard InChI is InChI=1S/C20H19F2NO4/c21-15-5-1-13(2-6-15)11-20(19(26)27)12-23(10-9-17(20)24)18(25)14-3-7-16(22)8-4-14/h1-8,17,24H,9-12H2,(H,26,27)/t17-,20+/m0/s1. The van der Waals surface area contributed by atoms with Crippen molar-refractivity contribution in [2.45, 2.75) is 18.9 Å². The van der Waals surface area contributed by atoms with Crippen molar-refractivity contribution < 1.29 is 28.6 Å². The van der Waals surface area contributed by atoms with Crippen LogP contribution >= 0.6 is 0 Å². The number of aliphatic hydroxyl groups excluding tert-OH is 1. The number of hydrogen-bond acceptors (Lipinski definition) is 3. The zero-order valence-corrected chi connectivity index (χ0v) is 14.4. The minimum Gasteiger partial charge on any atom is -0.481 e. The molecule has 0 aliphatic carbocycles. The van der Waals surface area contributed by atoms with Crippen LogP contribution in [0.2, 0.25) is 0 Å². The van der Waals surface area contributed by atoms with Crippen LogP contribution in [-0.4, -0.2) is 46.2 Å². The molecule has 2 atom stereocenters. The van der Waals surface area contributed by atoms with Crippen molar-refractivity contribution in [2.24, 2.45) is 5.41 Å². The zero-order valence-electron chi connectivity index (χ0n) is 14.4. The molecule has 0 spiro atoms. The molecule has 3 rings (SSSR count). The van der Waals surface area contributed by atoms with Crippen molar-refractivity contribution in [3.8, 4) is 0 Å². The Bertz CT molecular complexity index is 838. The molecular formula is C20H19F2NO4. The van der Waals surface area contributed by atoms with Gasteiger partial charge in [-0.25, -0.2) is 8.78 Å². The van der Waals surface area contributed by atoms with Crippen LogP contribution in [0.1, 0.15) is 22.3 Å². The molecule has 1 saturated heterocycles. The summed E-state index contributed by atoms with van der Waals surface area (Å²) in [5.41, 5.74) is -0.811. The van der Waals surface area contributed by atoms with E-state index in [4.69, 9.17) is 0 Å². The average Bonchev–Trinajstić information content (AvgIpc) is 2.65. The molecule has 1 fully saturated rings. The summed E-state index contributed by atoms with van der Waals surface area (Å²) >= 11 is 0. The van der Waals surface area contributed by atoms with E-state index in [0.29, 0.717) is 5.56 Å². The van der Waals surface area contributed by atoms with Gasteiger partial charge in [-0.3, -0.25) is 9.59 Å². The van der Waals surface area contributed by atoms with Gasteiger partial charge in [0.1, 0.15) is 17.0 Å². The van der Waals surface area contributed by atoms with E-state index in [-0.39, 0.29) is 31.5 Å². The van der Waals surface area contributed by atoms with E-state index in [1.54, 1.807) is 0 Å². The van der Waals surface area contributed by atoms with Crippen LogP contribution in [0.3, 0.4) is 0 Å². The molecule has 7 heteroatoms. The molecule has 1 aliphatic heterocycles. The fourth-order valence-corrected chi connectivity index (χ4v) is 3.45. The number of carboxylic acid groups (broad SMARTS) is 1. The van der Waals surface area contributed by atoms with Gasteiger partial charge >= 0.3 is 5.97 Å². The first kappa shape index (κ1) is 19.0. The summed E-state index contributed by atoms with van der Waals surface area (Å²) < 4.78 is 26.2. The summed E-state index contributed by atoms with van der Waals surface area (Å²) in [5.74, 6) is -2.57. The largest absolute Gasteiger partial charge is 0.481 e. The van der Waals surface area contributed by atoms with Crippen molar-refractivity contribution in [1.29, 1.82) is 0 Å². The van der Waals surface area contributed by atoms with Crippen LogP contribution in [0.25, 0.3) is 0 Å². The maximum absolute atomic E-state index is 13.1. The molecule has 5 nitrogen and oxygen atoms in total. The van der Waals surface area contributed by atoms with Crippen molar-refractivity contribution in [1.82, 2.24) is 4.90 Å². The van der Waals surface area contributed by atoms with Gasteiger partial charge in [-0.15, -0.1) is 0 Å². The Labute approximate surface area is 154 Å². The van der Waals surface area contributed by atoms with Crippen LogP contribution in [0.4, 0.5) is 8.78 Å². The third kappa shape index (κ3) is 3.83. The van der Waals surface area contributed by atoms with Gasteiger partial charge < -0.3 is 15.1 Å². The summed E-state index contributed by atoms with van der Waals surface area (Å²) in [6, 6.07) is 10.4. The lowest BCUT2D eigenvalue weighted by molar-refractivity contribution is -0.161. The first-order valence-corrected chi connectivity index (χ1v) is 8.52. The van der Waals surface area contributed by atoms with Gasteiger partial charge in [0.05, 0.1) is 6.10 Å². The van der Waals surface area contributed by atoms with Gasteiger partial charge in [0.25, 0.3) is 5.91 Å². The maximum atomic E-state index is 13.1. The molecular weight excluding hydrogens is 356 g/mol. The molecule has 2 N–H and O–H groups in total. The van der Waals surface area contributed by atoms with Crippen molar-refractivity contribution in [3.63, 3.8) is 0 Å². The fraction of sp³-hybridized carbons (Fsp3) is 0.300. The van der Waals surface area contributed by atoms with Crippen LogP contribution < -0.4 is 0 Å². The van der Waals surface area contributed by atoms with E-state index in [1.807, 2.05) is 0 Å². The number of carbonyl (C=O) groups excluding carboxylic acids is 1. The molecule has 1 amide bonds. The molecule has 2 aromatic carbocycles. The van der Waals surface area contributed by atoms with Crippen LogP contribution in [0.15, 0.2) is 48.5 Å². The molecule has 1 heterocycles. The molecule has 0 radical (unpaired) electrons. The number of amides is 1. The van der Waals surface area contributed by atoms with Gasteiger partial charge in [0.15, 0.2) is 0 Å². The molecule has 0 saturated carbocycles. The fourth-order valence-electron chi connectivity index (χ4n) is 3.45. The number of halogens is 2. The van der Waals surface area contributed by atoms with Crippen LogP contribution in [-0.2, 0) is 11.2 Å². The zero-order chi connectivity index (χ0) is 19.6. The SMILES string of the molecule is O=C(c1ccc(F)cc1)N1CC[C@H](O)[C@](Cc2ccc(F)cc2)(C(=O)O)C1. The van der Waals surface area contributed by atoms with E-state index in [0.717, 1.165) is 12.1 Å². The molecule has 0 aromatic heterocycles. The van der Waals surface area contributed by atoms with Crippen LogP contribution in [0.5, 0.6) is 0 Å². The summed E-state index contributed by atoms with van der Waals surface area (Å²) in [5, 5.41) is 20.3. The minimum atomic E-state index is -1.61.